The molecule has 0 unspecified atom stereocenters. The number of nitrogens with one attached hydrogen (secondary N) is 1. The molecule has 1 heterocycles. The summed E-state index contributed by atoms with van der Waals surface area (Å²) in [5.41, 5.74) is 5.70. The van der Waals surface area contributed by atoms with Crippen molar-refractivity contribution in [2.24, 2.45) is 5.41 Å². The third kappa shape index (κ3) is 6.35. The summed E-state index contributed by atoms with van der Waals surface area (Å²) in [6.07, 6.45) is 2.22. The minimum Gasteiger partial charge on any atom is -0.492 e. The van der Waals surface area contributed by atoms with Crippen LogP contribution in [-0.2, 0) is 9.31 Å². The molecule has 0 saturated carbocycles. The van der Waals surface area contributed by atoms with Crippen molar-refractivity contribution in [1.29, 1.82) is 0 Å². The first kappa shape index (κ1) is 23.3. The van der Waals surface area contributed by atoms with Crippen LogP contribution in [0.25, 0.3) is 11.6 Å². The number of hydrogen-bond donors (Lipinski definition) is 1. The lowest BCUT2D eigenvalue weighted by atomic mass is 9.75. The van der Waals surface area contributed by atoms with Crippen molar-refractivity contribution >= 4 is 24.2 Å². The molecule has 3 aromatic carbocycles. The van der Waals surface area contributed by atoms with Crippen molar-refractivity contribution < 1.29 is 14.0 Å². The highest BCUT2D eigenvalue weighted by molar-refractivity contribution is 6.61. The average molecular weight is 441 g/mol. The summed E-state index contributed by atoms with van der Waals surface area (Å²) >= 11 is 0. The first-order chi connectivity index (χ1) is 16.0. The Morgan fingerprint density at radius 2 is 1.52 bits per heavy atom. The molecule has 1 saturated heterocycles. The summed E-state index contributed by atoms with van der Waals surface area (Å²) in [5.74, 6) is 0.873. The van der Waals surface area contributed by atoms with Crippen LogP contribution in [0.5, 0.6) is 5.75 Å². The van der Waals surface area contributed by atoms with E-state index in [2.05, 4.69) is 85.9 Å². The van der Waals surface area contributed by atoms with E-state index in [0.717, 1.165) is 40.0 Å². The van der Waals surface area contributed by atoms with Gasteiger partial charge in [0.1, 0.15) is 12.4 Å². The van der Waals surface area contributed by atoms with Crippen LogP contribution in [0.3, 0.4) is 0 Å². The van der Waals surface area contributed by atoms with Crippen LogP contribution >= 0.6 is 0 Å². The Labute approximate surface area is 197 Å². The highest BCUT2D eigenvalue weighted by atomic mass is 16.6. The summed E-state index contributed by atoms with van der Waals surface area (Å²) in [5, 5.41) is 3.10. The summed E-state index contributed by atoms with van der Waals surface area (Å²) in [6.45, 7) is 7.17. The van der Waals surface area contributed by atoms with E-state index in [4.69, 9.17) is 14.0 Å². The van der Waals surface area contributed by atoms with Gasteiger partial charge in [-0.15, -0.1) is 0 Å². The maximum Gasteiger partial charge on any atom is 0.493 e. The Bertz CT molecular complexity index is 1040. The fraction of sp³-hybridized carbons (Fsp3) is 0.286. The first-order valence-electron chi connectivity index (χ1n) is 11.5. The molecule has 0 radical (unpaired) electrons. The number of rotatable bonds is 8. The monoisotopic (exact) mass is 441 g/mol. The number of likely N-dealkylation sites (N-methyl/N-ethyl adjacent to an activating group) is 1. The number of hydrogen-bond acceptors (Lipinski definition) is 4. The smallest absolute Gasteiger partial charge is 0.492 e. The van der Waals surface area contributed by atoms with Crippen LogP contribution in [0.15, 0.2) is 78.9 Å². The van der Waals surface area contributed by atoms with Crippen molar-refractivity contribution in [2.45, 2.75) is 13.8 Å². The van der Waals surface area contributed by atoms with Gasteiger partial charge in [0.2, 0.25) is 0 Å². The molecule has 0 atom stereocenters. The van der Waals surface area contributed by atoms with Gasteiger partial charge in [0.15, 0.2) is 0 Å². The van der Waals surface area contributed by atoms with Crippen molar-refractivity contribution in [3.63, 3.8) is 0 Å². The van der Waals surface area contributed by atoms with Gasteiger partial charge < -0.3 is 19.4 Å². The zero-order valence-corrected chi connectivity index (χ0v) is 19.7. The van der Waals surface area contributed by atoms with Gasteiger partial charge in [-0.3, -0.25) is 0 Å². The van der Waals surface area contributed by atoms with E-state index in [1.807, 2.05) is 25.2 Å². The van der Waals surface area contributed by atoms with E-state index < -0.39 is 0 Å². The van der Waals surface area contributed by atoms with Crippen molar-refractivity contribution in [3.05, 3.63) is 95.6 Å². The molecule has 1 N–H and O–H groups in total. The second-order valence-corrected chi connectivity index (χ2v) is 9.19. The topological polar surface area (TPSA) is 39.7 Å². The fourth-order valence-corrected chi connectivity index (χ4v) is 3.76. The van der Waals surface area contributed by atoms with Gasteiger partial charge in [0.05, 0.1) is 0 Å². The standard InChI is InChI=1S/C28H32BNO3/c1-28(2)20-32-29(33-21-28)25-13-9-23(10-14-25)27(19-22-7-5-4-6-8-22)24-11-15-26(16-12-24)31-18-17-30-3/h4-16,19,30H,17-18,20-21H2,1-3H3. The maximum atomic E-state index is 5.96. The van der Waals surface area contributed by atoms with Crippen LogP contribution < -0.4 is 15.5 Å². The van der Waals surface area contributed by atoms with Gasteiger partial charge in [0, 0.05) is 25.2 Å². The van der Waals surface area contributed by atoms with Gasteiger partial charge in [-0.05, 0) is 53.0 Å². The molecule has 0 spiro atoms. The molecule has 1 aliphatic heterocycles. The Hall–Kier alpha value is -2.86. The zero-order chi connectivity index (χ0) is 23.1. The van der Waals surface area contributed by atoms with E-state index in [1.54, 1.807) is 0 Å². The average Bonchev–Trinajstić information content (AvgIpc) is 2.84. The predicted molar refractivity (Wildman–Crippen MR) is 137 cm³/mol. The van der Waals surface area contributed by atoms with Gasteiger partial charge in [-0.25, -0.2) is 0 Å². The molecule has 0 aromatic heterocycles. The Morgan fingerprint density at radius 3 is 2.12 bits per heavy atom. The van der Waals surface area contributed by atoms with Gasteiger partial charge in [-0.1, -0.05) is 80.6 Å². The SMILES string of the molecule is CNCCOc1ccc(C(=Cc2ccccc2)c2ccc(B3OCC(C)(C)CO3)cc2)cc1. The zero-order valence-electron chi connectivity index (χ0n) is 19.7. The molecule has 33 heavy (non-hydrogen) atoms. The second kappa shape index (κ2) is 10.8. The van der Waals surface area contributed by atoms with Gasteiger partial charge >= 0.3 is 7.12 Å². The largest absolute Gasteiger partial charge is 0.493 e. The molecule has 4 rings (SSSR count). The number of ether oxygens (including phenoxy) is 1. The third-order valence-electron chi connectivity index (χ3n) is 5.64. The van der Waals surface area contributed by atoms with Crippen LogP contribution in [0.1, 0.15) is 30.5 Å². The fourth-order valence-electron chi connectivity index (χ4n) is 3.76. The van der Waals surface area contributed by atoms with E-state index in [-0.39, 0.29) is 12.5 Å². The quantitative estimate of drug-likeness (QED) is 0.314. The molecule has 0 amide bonds. The maximum absolute atomic E-state index is 5.96. The lowest BCUT2D eigenvalue weighted by molar-refractivity contribution is 0.0343. The minimum absolute atomic E-state index is 0.0605. The molecule has 0 bridgehead atoms. The number of benzene rings is 3. The van der Waals surface area contributed by atoms with Crippen molar-refractivity contribution in [2.75, 3.05) is 33.4 Å². The minimum atomic E-state index is -0.303. The molecule has 170 valence electrons. The van der Waals surface area contributed by atoms with Crippen LogP contribution in [-0.4, -0.2) is 40.5 Å². The highest BCUT2D eigenvalue weighted by Crippen LogP contribution is 2.28. The normalized spacial score (nSPS) is 16.0. The first-order valence-corrected chi connectivity index (χ1v) is 11.5. The highest BCUT2D eigenvalue weighted by Gasteiger charge is 2.33. The summed E-state index contributed by atoms with van der Waals surface area (Å²) in [7, 11) is 1.62. The summed E-state index contributed by atoms with van der Waals surface area (Å²) < 4.78 is 17.7. The van der Waals surface area contributed by atoms with E-state index in [9.17, 15) is 0 Å². The van der Waals surface area contributed by atoms with Crippen molar-refractivity contribution in [1.82, 2.24) is 5.32 Å². The molecule has 4 nitrogen and oxygen atoms in total. The molecule has 0 aliphatic carbocycles. The van der Waals surface area contributed by atoms with Crippen LogP contribution in [0, 0.1) is 5.41 Å². The van der Waals surface area contributed by atoms with Gasteiger partial charge in [0.25, 0.3) is 0 Å². The molecular formula is C28H32BNO3. The van der Waals surface area contributed by atoms with E-state index in [1.165, 1.54) is 0 Å². The van der Waals surface area contributed by atoms with Crippen LogP contribution in [0.2, 0.25) is 0 Å². The Balaban J connectivity index is 1.58. The van der Waals surface area contributed by atoms with Gasteiger partial charge in [-0.2, -0.15) is 0 Å². The predicted octanol–water partition coefficient (Wildman–Crippen LogP) is 4.64. The molecule has 3 aromatic rings. The molecule has 5 heteroatoms. The summed E-state index contributed by atoms with van der Waals surface area (Å²) in [6, 6.07) is 27.2. The second-order valence-electron chi connectivity index (χ2n) is 9.19. The molecular weight excluding hydrogens is 409 g/mol. The molecule has 1 fully saturated rings. The van der Waals surface area contributed by atoms with E-state index >= 15 is 0 Å². The molecule has 1 aliphatic rings. The Kier molecular flexibility index (Phi) is 7.66. The lowest BCUT2D eigenvalue weighted by Crippen LogP contribution is -2.47. The van der Waals surface area contributed by atoms with E-state index in [0.29, 0.717) is 19.8 Å². The summed E-state index contributed by atoms with van der Waals surface area (Å²) in [4.78, 5) is 0. The third-order valence-corrected chi connectivity index (χ3v) is 5.64. The lowest BCUT2D eigenvalue weighted by Gasteiger charge is -2.33. The van der Waals surface area contributed by atoms with Crippen LogP contribution in [0.4, 0.5) is 0 Å². The van der Waals surface area contributed by atoms with Crippen molar-refractivity contribution in [3.8, 4) is 5.75 Å². The Morgan fingerprint density at radius 1 is 0.909 bits per heavy atom.